The quantitative estimate of drug-likeness (QED) is 0.181. The fraction of sp³-hybridized carbons (Fsp3) is 0.189. The standard InChI is InChI=1S/C53H40N4/c1-3-13-35(14-4-1)50-54-51(36-22-24-42-41-18-9-10-21-46(41)57(47(42)31-36)39-15-5-2-6-16-39)56-52(55-50)43-19-11-20-44-49(43)48-40-17-8-7-12-34(40)23-25-45(48)53(44)37-27-32-26-33(29-37)30-38(53)28-32/h1-25,31-33,37-38H,26-30H2. The molecule has 0 radical (unpaired) electrons. The van der Waals surface area contributed by atoms with E-state index in [4.69, 9.17) is 15.0 Å². The molecule has 4 fully saturated rings. The van der Waals surface area contributed by atoms with Gasteiger partial charge in [0.25, 0.3) is 0 Å². The Hall–Kier alpha value is -6.39. The Balaban J connectivity index is 1.07. The first-order valence-corrected chi connectivity index (χ1v) is 20.8. The Morgan fingerprint density at radius 1 is 0.439 bits per heavy atom. The summed E-state index contributed by atoms with van der Waals surface area (Å²) in [4.78, 5) is 16.1. The minimum atomic E-state index is 0.0339. The highest BCUT2D eigenvalue weighted by molar-refractivity contribution is 6.10. The lowest BCUT2D eigenvalue weighted by molar-refractivity contribution is -0.0399. The van der Waals surface area contributed by atoms with Gasteiger partial charge in [-0.15, -0.1) is 0 Å². The van der Waals surface area contributed by atoms with Gasteiger partial charge in [-0.2, -0.15) is 0 Å². The van der Waals surface area contributed by atoms with Gasteiger partial charge in [-0.05, 0) is 113 Å². The predicted octanol–water partition coefficient (Wildman–Crippen LogP) is 12.8. The lowest BCUT2D eigenvalue weighted by Crippen LogP contribution is -2.55. The number of aromatic nitrogens is 4. The molecule has 0 atom stereocenters. The maximum Gasteiger partial charge on any atom is 0.164 e. The minimum absolute atomic E-state index is 0.0339. The van der Waals surface area contributed by atoms with Crippen LogP contribution in [0.4, 0.5) is 0 Å². The maximum absolute atomic E-state index is 5.49. The highest BCUT2D eigenvalue weighted by Crippen LogP contribution is 2.70. The second kappa shape index (κ2) is 11.8. The number of rotatable bonds is 4. The van der Waals surface area contributed by atoms with Crippen LogP contribution in [0.2, 0.25) is 0 Å². The van der Waals surface area contributed by atoms with Crippen molar-refractivity contribution in [3.05, 3.63) is 169 Å². The van der Waals surface area contributed by atoms with Crippen molar-refractivity contribution in [1.82, 2.24) is 19.5 Å². The molecule has 57 heavy (non-hydrogen) atoms. The Morgan fingerprint density at radius 2 is 1.07 bits per heavy atom. The molecule has 1 spiro atoms. The van der Waals surface area contributed by atoms with Crippen LogP contribution in [0.3, 0.4) is 0 Å². The number of para-hydroxylation sites is 2. The molecule has 9 aromatic rings. The maximum atomic E-state index is 5.49. The van der Waals surface area contributed by atoms with E-state index in [0.717, 1.165) is 45.6 Å². The van der Waals surface area contributed by atoms with Gasteiger partial charge in [0.1, 0.15) is 0 Å². The molecule has 0 saturated heterocycles. The van der Waals surface area contributed by atoms with E-state index in [0.29, 0.717) is 23.5 Å². The van der Waals surface area contributed by atoms with Crippen LogP contribution in [-0.4, -0.2) is 19.5 Å². The predicted molar refractivity (Wildman–Crippen MR) is 231 cm³/mol. The SMILES string of the molecule is c1ccc(-c2nc(-c3ccc4c5ccccc5n(-c5ccccc5)c4c3)nc(-c3cccc4c3-c3c(ccc5ccccc35)C43C4CC5CC(C4)CC3C5)n2)cc1. The van der Waals surface area contributed by atoms with E-state index in [1.165, 1.54) is 75.9 Å². The van der Waals surface area contributed by atoms with Crippen molar-refractivity contribution in [1.29, 1.82) is 0 Å². The third-order valence-corrected chi connectivity index (χ3v) is 14.4. The van der Waals surface area contributed by atoms with E-state index in [1.807, 2.05) is 0 Å². The van der Waals surface area contributed by atoms with Crippen LogP contribution in [0, 0.1) is 23.7 Å². The normalized spacial score (nSPS) is 22.8. The number of hydrogen-bond acceptors (Lipinski definition) is 3. The van der Waals surface area contributed by atoms with Crippen molar-refractivity contribution in [3.63, 3.8) is 0 Å². The summed E-state index contributed by atoms with van der Waals surface area (Å²) in [6.07, 6.45) is 6.82. The van der Waals surface area contributed by atoms with Gasteiger partial charge in [0.05, 0.1) is 11.0 Å². The first-order chi connectivity index (χ1) is 28.2. The van der Waals surface area contributed by atoms with Crippen LogP contribution in [0.5, 0.6) is 0 Å². The molecule has 5 aliphatic rings. The monoisotopic (exact) mass is 732 g/mol. The van der Waals surface area contributed by atoms with Crippen LogP contribution in [0.15, 0.2) is 158 Å². The molecule has 2 aromatic heterocycles. The van der Waals surface area contributed by atoms with E-state index in [-0.39, 0.29) is 5.41 Å². The molecule has 0 amide bonds. The third-order valence-electron chi connectivity index (χ3n) is 14.4. The van der Waals surface area contributed by atoms with Gasteiger partial charge < -0.3 is 4.57 Å². The van der Waals surface area contributed by atoms with Crippen molar-refractivity contribution in [2.45, 2.75) is 37.5 Å². The molecule has 4 heteroatoms. The Bertz CT molecular complexity index is 3060. The van der Waals surface area contributed by atoms with E-state index >= 15 is 0 Å². The van der Waals surface area contributed by atoms with E-state index < -0.39 is 0 Å². The van der Waals surface area contributed by atoms with Crippen LogP contribution < -0.4 is 0 Å². The van der Waals surface area contributed by atoms with Gasteiger partial charge in [0.2, 0.25) is 0 Å². The van der Waals surface area contributed by atoms with Crippen molar-refractivity contribution in [2.24, 2.45) is 23.7 Å². The molecule has 14 rings (SSSR count). The largest absolute Gasteiger partial charge is 0.309 e. The zero-order valence-electron chi connectivity index (χ0n) is 31.6. The highest BCUT2D eigenvalue weighted by Gasteiger charge is 2.62. The van der Waals surface area contributed by atoms with Crippen molar-refractivity contribution in [2.75, 3.05) is 0 Å². The fourth-order valence-corrected chi connectivity index (χ4v) is 12.5. The number of benzene rings is 7. The summed E-state index contributed by atoms with van der Waals surface area (Å²) in [5.74, 6) is 5.21. The average molecular weight is 733 g/mol. The fourth-order valence-electron chi connectivity index (χ4n) is 12.5. The van der Waals surface area contributed by atoms with Gasteiger partial charge in [0, 0.05) is 38.6 Å². The Kier molecular flexibility index (Phi) is 6.59. The molecule has 0 aliphatic heterocycles. The molecular formula is C53H40N4. The first-order valence-electron chi connectivity index (χ1n) is 20.8. The highest BCUT2D eigenvalue weighted by atomic mass is 15.0. The minimum Gasteiger partial charge on any atom is -0.309 e. The van der Waals surface area contributed by atoms with Gasteiger partial charge >= 0.3 is 0 Å². The van der Waals surface area contributed by atoms with Crippen LogP contribution in [0.1, 0.15) is 43.2 Å². The summed E-state index contributed by atoms with van der Waals surface area (Å²) in [7, 11) is 0. The molecule has 4 saturated carbocycles. The number of nitrogens with zero attached hydrogens (tertiary/aromatic N) is 4. The third kappa shape index (κ3) is 4.41. The van der Waals surface area contributed by atoms with Crippen molar-refractivity contribution < 1.29 is 0 Å². The molecule has 4 bridgehead atoms. The van der Waals surface area contributed by atoms with Crippen molar-refractivity contribution >= 4 is 32.6 Å². The second-order valence-electron chi connectivity index (χ2n) is 17.2. The summed E-state index contributed by atoms with van der Waals surface area (Å²) < 4.78 is 2.37. The van der Waals surface area contributed by atoms with Crippen LogP contribution in [-0.2, 0) is 5.41 Å². The molecule has 2 heterocycles. The Morgan fingerprint density at radius 3 is 1.86 bits per heavy atom. The Labute approximate surface area is 331 Å². The van der Waals surface area contributed by atoms with Gasteiger partial charge in [-0.1, -0.05) is 133 Å². The summed E-state index contributed by atoms with van der Waals surface area (Å²) in [5.41, 5.74) is 12.4. The zero-order chi connectivity index (χ0) is 37.2. The van der Waals surface area contributed by atoms with Gasteiger partial charge in [0.15, 0.2) is 17.5 Å². The van der Waals surface area contributed by atoms with E-state index in [2.05, 4.69) is 162 Å². The molecular weight excluding hydrogens is 693 g/mol. The molecule has 0 N–H and O–H groups in total. The summed E-state index contributed by atoms with van der Waals surface area (Å²) in [6, 6.07) is 57.5. The van der Waals surface area contributed by atoms with Crippen LogP contribution >= 0.6 is 0 Å². The summed E-state index contributed by atoms with van der Waals surface area (Å²) in [5, 5.41) is 5.07. The molecule has 5 aliphatic carbocycles. The van der Waals surface area contributed by atoms with Crippen LogP contribution in [0.25, 0.3) is 83.6 Å². The number of hydrogen-bond donors (Lipinski definition) is 0. The molecule has 0 unspecified atom stereocenters. The van der Waals surface area contributed by atoms with E-state index in [9.17, 15) is 0 Å². The summed E-state index contributed by atoms with van der Waals surface area (Å²) in [6.45, 7) is 0. The molecule has 272 valence electrons. The lowest BCUT2D eigenvalue weighted by atomic mass is 9.43. The average Bonchev–Trinajstić information content (AvgIpc) is 3.76. The molecule has 7 aromatic carbocycles. The zero-order valence-corrected chi connectivity index (χ0v) is 31.6. The van der Waals surface area contributed by atoms with Gasteiger partial charge in [-0.25, -0.2) is 15.0 Å². The molecule has 4 nitrogen and oxygen atoms in total. The topological polar surface area (TPSA) is 43.6 Å². The summed E-state index contributed by atoms with van der Waals surface area (Å²) >= 11 is 0. The van der Waals surface area contributed by atoms with E-state index in [1.54, 1.807) is 5.56 Å². The first kappa shape index (κ1) is 31.8. The van der Waals surface area contributed by atoms with Gasteiger partial charge in [-0.3, -0.25) is 0 Å². The number of fused-ring (bicyclic) bond motifs is 8. The smallest absolute Gasteiger partial charge is 0.164 e. The second-order valence-corrected chi connectivity index (χ2v) is 17.2. The lowest BCUT2D eigenvalue weighted by Gasteiger charge is -2.61. The van der Waals surface area contributed by atoms with Crippen molar-refractivity contribution in [3.8, 4) is 51.0 Å².